The van der Waals surface area contributed by atoms with E-state index in [0.717, 1.165) is 21.9 Å². The lowest BCUT2D eigenvalue weighted by Gasteiger charge is -2.10. The van der Waals surface area contributed by atoms with E-state index < -0.39 is 17.4 Å². The Morgan fingerprint density at radius 3 is 2.44 bits per heavy atom. The van der Waals surface area contributed by atoms with Gasteiger partial charge in [0.25, 0.3) is 0 Å². The largest absolute Gasteiger partial charge is 0.493 e. The highest BCUT2D eigenvalue weighted by molar-refractivity contribution is 5.95. The van der Waals surface area contributed by atoms with Gasteiger partial charge in [0, 0.05) is 11.5 Å². The van der Waals surface area contributed by atoms with Gasteiger partial charge in [0.15, 0.2) is 18.0 Å². The van der Waals surface area contributed by atoms with E-state index in [9.17, 15) is 20.0 Å². The number of carbonyl (C=O) groups excluding carboxylic acids is 1. The molecule has 0 radical (unpaired) electrons. The molecule has 0 aliphatic carbocycles. The van der Waals surface area contributed by atoms with Gasteiger partial charge in [-0.05, 0) is 28.5 Å². The zero-order valence-electron chi connectivity index (χ0n) is 18.9. The lowest BCUT2D eigenvalue weighted by atomic mass is 10.0. The molecule has 0 bridgehead atoms. The maximum atomic E-state index is 12.3. The van der Waals surface area contributed by atoms with E-state index in [1.165, 1.54) is 18.2 Å². The Labute approximate surface area is 205 Å². The van der Waals surface area contributed by atoms with Gasteiger partial charge in [0.05, 0.1) is 17.0 Å². The lowest BCUT2D eigenvalue weighted by molar-refractivity contribution is -0.385. The number of para-hydroxylation sites is 3. The molecule has 9 heteroatoms. The SMILES string of the molecule is O=C(COc1ccccc1[N+](=O)[O-])N=Nc1c(O)n(Cc2cccc3ccccc23)c2ccccc12. The van der Waals surface area contributed by atoms with E-state index >= 15 is 0 Å². The van der Waals surface area contributed by atoms with Gasteiger partial charge in [0.1, 0.15) is 0 Å². The quantitative estimate of drug-likeness (QED) is 0.170. The van der Waals surface area contributed by atoms with Crippen LogP contribution in [0.2, 0.25) is 0 Å². The van der Waals surface area contributed by atoms with E-state index in [2.05, 4.69) is 10.2 Å². The molecule has 36 heavy (non-hydrogen) atoms. The average Bonchev–Trinajstić information content (AvgIpc) is 3.17. The number of ether oxygens (including phenoxy) is 1. The zero-order chi connectivity index (χ0) is 25.1. The summed E-state index contributed by atoms with van der Waals surface area (Å²) in [4.78, 5) is 22.8. The van der Waals surface area contributed by atoms with Crippen LogP contribution in [0.15, 0.2) is 101 Å². The van der Waals surface area contributed by atoms with Crippen molar-refractivity contribution in [3.8, 4) is 11.6 Å². The number of aromatic nitrogens is 1. The number of carbonyl (C=O) groups is 1. The van der Waals surface area contributed by atoms with Crippen molar-refractivity contribution in [3.63, 3.8) is 0 Å². The third kappa shape index (κ3) is 4.37. The topological polar surface area (TPSA) is 119 Å². The minimum Gasteiger partial charge on any atom is -0.493 e. The number of amides is 1. The number of nitrogens with zero attached hydrogens (tertiary/aromatic N) is 4. The molecule has 1 heterocycles. The Morgan fingerprint density at radius 1 is 0.917 bits per heavy atom. The molecule has 0 spiro atoms. The van der Waals surface area contributed by atoms with Crippen LogP contribution in [0.4, 0.5) is 11.4 Å². The van der Waals surface area contributed by atoms with Crippen molar-refractivity contribution in [1.82, 2.24) is 4.57 Å². The number of hydrogen-bond donors (Lipinski definition) is 1. The van der Waals surface area contributed by atoms with Crippen molar-refractivity contribution in [2.75, 3.05) is 6.61 Å². The molecule has 1 aromatic heterocycles. The summed E-state index contributed by atoms with van der Waals surface area (Å²) in [6, 6.07) is 27.1. The van der Waals surface area contributed by atoms with Gasteiger partial charge in [-0.15, -0.1) is 10.2 Å². The summed E-state index contributed by atoms with van der Waals surface area (Å²) in [5.41, 5.74) is 1.66. The number of hydrogen-bond acceptors (Lipinski definition) is 6. The molecule has 1 N–H and O–H groups in total. The normalized spacial score (nSPS) is 11.3. The molecule has 178 valence electrons. The van der Waals surface area contributed by atoms with Crippen molar-refractivity contribution in [2.45, 2.75) is 6.54 Å². The maximum absolute atomic E-state index is 12.3. The standard InChI is InChI=1S/C27H20N4O5/c32-25(17-36-24-15-6-5-14-23(24)31(34)35)28-29-26-21-12-3-4-13-22(21)30(27(26)33)16-19-10-7-9-18-8-1-2-11-20(18)19/h1-15,33H,16-17H2. The molecular formula is C27H20N4O5. The van der Waals surface area contributed by atoms with Crippen LogP contribution in [0.5, 0.6) is 11.6 Å². The summed E-state index contributed by atoms with van der Waals surface area (Å²) in [6.45, 7) is -0.151. The lowest BCUT2D eigenvalue weighted by Crippen LogP contribution is -2.09. The van der Waals surface area contributed by atoms with Crippen molar-refractivity contribution in [1.29, 1.82) is 0 Å². The van der Waals surface area contributed by atoms with Gasteiger partial charge in [-0.1, -0.05) is 72.8 Å². The van der Waals surface area contributed by atoms with Gasteiger partial charge < -0.3 is 14.4 Å². The van der Waals surface area contributed by atoms with Gasteiger partial charge in [-0.25, -0.2) is 0 Å². The average molecular weight is 480 g/mol. The number of nitro benzene ring substituents is 1. The monoisotopic (exact) mass is 480 g/mol. The van der Waals surface area contributed by atoms with Crippen LogP contribution in [0, 0.1) is 10.1 Å². The Kier molecular flexibility index (Phi) is 6.10. The van der Waals surface area contributed by atoms with Gasteiger partial charge in [0.2, 0.25) is 5.88 Å². The van der Waals surface area contributed by atoms with E-state index in [-0.39, 0.29) is 23.0 Å². The highest BCUT2D eigenvalue weighted by Crippen LogP contribution is 2.39. The molecular weight excluding hydrogens is 460 g/mol. The minimum absolute atomic E-state index is 0.0411. The molecule has 9 nitrogen and oxygen atoms in total. The molecule has 0 fully saturated rings. The number of fused-ring (bicyclic) bond motifs is 2. The van der Waals surface area contributed by atoms with E-state index in [1.807, 2.05) is 60.7 Å². The van der Waals surface area contributed by atoms with Crippen LogP contribution >= 0.6 is 0 Å². The highest BCUT2D eigenvalue weighted by Gasteiger charge is 2.18. The molecule has 5 rings (SSSR count). The summed E-state index contributed by atoms with van der Waals surface area (Å²) in [5, 5.41) is 32.7. The fourth-order valence-electron chi connectivity index (χ4n) is 4.14. The van der Waals surface area contributed by atoms with E-state index in [4.69, 9.17) is 4.74 Å². The molecule has 0 unspecified atom stereocenters. The van der Waals surface area contributed by atoms with Crippen molar-refractivity contribution in [2.24, 2.45) is 10.2 Å². The van der Waals surface area contributed by atoms with Crippen LogP contribution in [0.3, 0.4) is 0 Å². The Bertz CT molecular complexity index is 1640. The minimum atomic E-state index is -0.751. The summed E-state index contributed by atoms with van der Waals surface area (Å²) in [6.07, 6.45) is 0. The molecule has 0 saturated carbocycles. The van der Waals surface area contributed by atoms with Crippen molar-refractivity contribution in [3.05, 3.63) is 107 Å². The van der Waals surface area contributed by atoms with Crippen molar-refractivity contribution >= 4 is 39.0 Å². The van der Waals surface area contributed by atoms with Crippen LogP contribution in [0.1, 0.15) is 5.56 Å². The highest BCUT2D eigenvalue weighted by atomic mass is 16.6. The number of benzene rings is 4. The summed E-state index contributed by atoms with van der Waals surface area (Å²) >= 11 is 0. The van der Waals surface area contributed by atoms with Crippen LogP contribution < -0.4 is 4.74 Å². The Hall–Kier alpha value is -5.05. The number of nitro groups is 1. The molecule has 4 aromatic carbocycles. The molecule has 0 aliphatic rings. The zero-order valence-corrected chi connectivity index (χ0v) is 18.9. The fourth-order valence-corrected chi connectivity index (χ4v) is 4.14. The van der Waals surface area contributed by atoms with E-state index in [1.54, 1.807) is 16.7 Å². The van der Waals surface area contributed by atoms with Gasteiger partial charge >= 0.3 is 11.6 Å². The maximum Gasteiger partial charge on any atom is 0.310 e. The summed E-state index contributed by atoms with van der Waals surface area (Å²) < 4.78 is 7.00. The number of aromatic hydroxyl groups is 1. The smallest absolute Gasteiger partial charge is 0.310 e. The van der Waals surface area contributed by atoms with Crippen LogP contribution in [-0.2, 0) is 11.3 Å². The summed E-state index contributed by atoms with van der Waals surface area (Å²) in [5.74, 6) is -0.917. The van der Waals surface area contributed by atoms with Crippen molar-refractivity contribution < 1.29 is 19.6 Å². The molecule has 0 atom stereocenters. The van der Waals surface area contributed by atoms with Crippen LogP contribution in [0.25, 0.3) is 21.7 Å². The first-order chi connectivity index (χ1) is 17.5. The second-order valence-corrected chi connectivity index (χ2v) is 8.02. The molecule has 0 saturated heterocycles. The number of azo groups is 1. The molecule has 5 aromatic rings. The second-order valence-electron chi connectivity index (χ2n) is 8.02. The first-order valence-corrected chi connectivity index (χ1v) is 11.1. The predicted octanol–water partition coefficient (Wildman–Crippen LogP) is 6.15. The predicted molar refractivity (Wildman–Crippen MR) is 135 cm³/mol. The number of rotatable bonds is 7. The van der Waals surface area contributed by atoms with E-state index in [0.29, 0.717) is 11.9 Å². The van der Waals surface area contributed by atoms with Crippen LogP contribution in [-0.4, -0.2) is 27.1 Å². The second kappa shape index (κ2) is 9.67. The van der Waals surface area contributed by atoms with Gasteiger partial charge in [-0.3, -0.25) is 14.9 Å². The molecule has 0 aliphatic heterocycles. The van der Waals surface area contributed by atoms with Gasteiger partial charge in [-0.2, -0.15) is 0 Å². The third-order valence-electron chi connectivity index (χ3n) is 5.80. The molecule has 1 amide bonds. The Morgan fingerprint density at radius 2 is 1.61 bits per heavy atom. The first-order valence-electron chi connectivity index (χ1n) is 11.1. The summed E-state index contributed by atoms with van der Waals surface area (Å²) in [7, 11) is 0. The Balaban J connectivity index is 1.42. The third-order valence-corrected chi connectivity index (χ3v) is 5.80. The first kappa shape index (κ1) is 22.7. The fraction of sp³-hybridized carbons (Fsp3) is 0.0741.